The number of carbonyl (C=O) groups excluding carboxylic acids is 1. The summed E-state index contributed by atoms with van der Waals surface area (Å²) >= 11 is 0. The zero-order chi connectivity index (χ0) is 17.4. The smallest absolute Gasteiger partial charge is 0.266 e. The van der Waals surface area contributed by atoms with Gasteiger partial charge in [-0.1, -0.05) is 12.1 Å². The molecular formula is C17H22FN5O. The molecule has 1 fully saturated rings. The summed E-state index contributed by atoms with van der Waals surface area (Å²) in [5.74, 6) is -0.563. The summed E-state index contributed by atoms with van der Waals surface area (Å²) in [6.07, 6.45) is 1.43. The van der Waals surface area contributed by atoms with E-state index in [1.807, 2.05) is 6.07 Å². The van der Waals surface area contributed by atoms with Crippen LogP contribution in [0.2, 0.25) is 0 Å². The lowest BCUT2D eigenvalue weighted by Crippen LogP contribution is -2.50. The van der Waals surface area contributed by atoms with E-state index in [4.69, 9.17) is 5.73 Å². The van der Waals surface area contributed by atoms with Crippen LogP contribution in [0, 0.1) is 17.1 Å². The summed E-state index contributed by atoms with van der Waals surface area (Å²) in [5, 5.41) is 12.2. The van der Waals surface area contributed by atoms with Crippen LogP contribution >= 0.6 is 0 Å². The molecule has 0 unspecified atom stereocenters. The zero-order valence-corrected chi connectivity index (χ0v) is 13.5. The highest BCUT2D eigenvalue weighted by atomic mass is 19.1. The Hall–Kier alpha value is -2.43. The first-order valence-corrected chi connectivity index (χ1v) is 7.94. The first-order valence-electron chi connectivity index (χ1n) is 7.94. The van der Waals surface area contributed by atoms with Gasteiger partial charge < -0.3 is 16.0 Å². The first-order chi connectivity index (χ1) is 11.6. The minimum Gasteiger partial charge on any atom is -0.386 e. The van der Waals surface area contributed by atoms with Crippen molar-refractivity contribution >= 4 is 5.91 Å². The predicted octanol–water partition coefficient (Wildman–Crippen LogP) is 0.426. The van der Waals surface area contributed by atoms with Gasteiger partial charge >= 0.3 is 0 Å². The molecule has 2 rings (SSSR count). The fraction of sp³-hybridized carbons (Fsp3) is 0.412. The van der Waals surface area contributed by atoms with Crippen LogP contribution in [0.5, 0.6) is 0 Å². The second kappa shape index (κ2) is 9.01. The number of nitriles is 1. The molecule has 0 spiro atoms. The predicted molar refractivity (Wildman–Crippen MR) is 89.0 cm³/mol. The van der Waals surface area contributed by atoms with Gasteiger partial charge in [0.1, 0.15) is 17.5 Å². The number of hydrogen-bond acceptors (Lipinski definition) is 5. The van der Waals surface area contributed by atoms with Gasteiger partial charge in [-0.05, 0) is 17.7 Å². The average Bonchev–Trinajstić information content (AvgIpc) is 2.61. The lowest BCUT2D eigenvalue weighted by Gasteiger charge is -2.34. The maximum Gasteiger partial charge on any atom is 0.266 e. The molecule has 1 saturated heterocycles. The van der Waals surface area contributed by atoms with Crippen molar-refractivity contribution in [3.63, 3.8) is 0 Å². The number of nitrogens with one attached hydrogen (secondary N) is 1. The van der Waals surface area contributed by atoms with Gasteiger partial charge in [0.25, 0.3) is 5.91 Å². The first kappa shape index (κ1) is 17.9. The van der Waals surface area contributed by atoms with E-state index in [0.29, 0.717) is 26.2 Å². The average molecular weight is 331 g/mol. The summed E-state index contributed by atoms with van der Waals surface area (Å²) in [4.78, 5) is 16.3. The van der Waals surface area contributed by atoms with Crippen LogP contribution in [0.3, 0.4) is 0 Å². The Balaban J connectivity index is 1.87. The molecule has 1 heterocycles. The highest BCUT2D eigenvalue weighted by Gasteiger charge is 2.23. The number of amides is 1. The van der Waals surface area contributed by atoms with E-state index in [1.165, 1.54) is 18.3 Å². The normalized spacial score (nSPS) is 15.9. The Morgan fingerprint density at radius 1 is 1.29 bits per heavy atom. The standard InChI is InChI=1S/C17H22FN5O/c18-16-3-1-14(2-4-16)12-21-13-15(11-20)17(24)23-9-7-22(6-5-19)8-10-23/h1-4,13,21H,5-10,12,19H2/b15-13-. The molecule has 3 N–H and O–H groups in total. The van der Waals surface area contributed by atoms with E-state index in [1.54, 1.807) is 17.0 Å². The highest BCUT2D eigenvalue weighted by molar-refractivity contribution is 5.97. The van der Waals surface area contributed by atoms with Gasteiger partial charge in [0.05, 0.1) is 0 Å². The fourth-order valence-electron chi connectivity index (χ4n) is 2.54. The minimum absolute atomic E-state index is 0.0735. The molecule has 6 nitrogen and oxygen atoms in total. The molecule has 1 aromatic rings. The zero-order valence-electron chi connectivity index (χ0n) is 13.5. The quantitative estimate of drug-likeness (QED) is 0.583. The Kier molecular flexibility index (Phi) is 6.73. The number of nitrogens with zero attached hydrogens (tertiary/aromatic N) is 3. The second-order valence-electron chi connectivity index (χ2n) is 5.60. The molecule has 1 aliphatic rings. The number of rotatable bonds is 6. The SMILES string of the molecule is N#C/C(=C/NCc1ccc(F)cc1)C(=O)N1CCN(CCN)CC1. The number of halogens is 1. The Labute approximate surface area is 141 Å². The van der Waals surface area contributed by atoms with Gasteiger partial charge in [-0.25, -0.2) is 4.39 Å². The van der Waals surface area contributed by atoms with Crippen LogP contribution in [0.1, 0.15) is 5.56 Å². The third-order valence-electron chi connectivity index (χ3n) is 3.92. The van der Waals surface area contributed by atoms with Crippen LogP contribution in [0.15, 0.2) is 36.0 Å². The molecule has 1 aromatic carbocycles. The van der Waals surface area contributed by atoms with Crippen LogP contribution in [-0.2, 0) is 11.3 Å². The number of carbonyl (C=O) groups is 1. The summed E-state index contributed by atoms with van der Waals surface area (Å²) < 4.78 is 12.8. The number of benzene rings is 1. The maximum absolute atomic E-state index is 12.8. The third-order valence-corrected chi connectivity index (χ3v) is 3.92. The van der Waals surface area contributed by atoms with Crippen molar-refractivity contribution in [1.82, 2.24) is 15.1 Å². The van der Waals surface area contributed by atoms with Crippen LogP contribution in [0.4, 0.5) is 4.39 Å². The van der Waals surface area contributed by atoms with Crippen molar-refractivity contribution in [2.45, 2.75) is 6.54 Å². The number of hydrogen-bond donors (Lipinski definition) is 2. The van der Waals surface area contributed by atoms with Gasteiger partial charge in [0.15, 0.2) is 0 Å². The molecule has 1 amide bonds. The molecule has 0 bridgehead atoms. The molecule has 0 aromatic heterocycles. The molecule has 1 aliphatic heterocycles. The van der Waals surface area contributed by atoms with Crippen LogP contribution in [0.25, 0.3) is 0 Å². The van der Waals surface area contributed by atoms with Gasteiger partial charge in [-0.15, -0.1) is 0 Å². The van der Waals surface area contributed by atoms with Crippen molar-refractivity contribution in [2.75, 3.05) is 39.3 Å². The van der Waals surface area contributed by atoms with Crippen molar-refractivity contribution in [2.24, 2.45) is 5.73 Å². The molecule has 0 saturated carbocycles. The lowest BCUT2D eigenvalue weighted by atomic mass is 10.2. The minimum atomic E-state index is -0.295. The molecule has 24 heavy (non-hydrogen) atoms. The fourth-order valence-corrected chi connectivity index (χ4v) is 2.54. The van der Waals surface area contributed by atoms with Crippen molar-refractivity contribution in [3.05, 3.63) is 47.4 Å². The van der Waals surface area contributed by atoms with Gasteiger partial charge in [-0.2, -0.15) is 5.26 Å². The van der Waals surface area contributed by atoms with E-state index in [-0.39, 0.29) is 17.3 Å². The highest BCUT2D eigenvalue weighted by Crippen LogP contribution is 2.07. The molecular weight excluding hydrogens is 309 g/mol. The largest absolute Gasteiger partial charge is 0.386 e. The van der Waals surface area contributed by atoms with E-state index >= 15 is 0 Å². The molecule has 128 valence electrons. The third kappa shape index (κ3) is 5.05. The van der Waals surface area contributed by atoms with Gasteiger partial charge in [0, 0.05) is 52.0 Å². The van der Waals surface area contributed by atoms with E-state index < -0.39 is 0 Å². The Morgan fingerprint density at radius 3 is 2.54 bits per heavy atom. The van der Waals surface area contributed by atoms with Crippen molar-refractivity contribution < 1.29 is 9.18 Å². The van der Waals surface area contributed by atoms with Crippen LogP contribution in [-0.4, -0.2) is 55.0 Å². The van der Waals surface area contributed by atoms with E-state index in [0.717, 1.165) is 25.2 Å². The van der Waals surface area contributed by atoms with E-state index in [9.17, 15) is 14.4 Å². The van der Waals surface area contributed by atoms with Crippen molar-refractivity contribution in [1.29, 1.82) is 5.26 Å². The Morgan fingerprint density at radius 2 is 1.96 bits per heavy atom. The second-order valence-corrected chi connectivity index (χ2v) is 5.60. The Bertz CT molecular complexity index is 615. The van der Waals surface area contributed by atoms with Crippen molar-refractivity contribution in [3.8, 4) is 6.07 Å². The van der Waals surface area contributed by atoms with Gasteiger partial charge in [-0.3, -0.25) is 9.69 Å². The number of piperazine rings is 1. The molecule has 0 atom stereocenters. The van der Waals surface area contributed by atoms with Gasteiger partial charge in [0.2, 0.25) is 0 Å². The summed E-state index contributed by atoms with van der Waals surface area (Å²) in [7, 11) is 0. The molecule has 0 radical (unpaired) electrons. The monoisotopic (exact) mass is 331 g/mol. The molecule has 7 heteroatoms. The topological polar surface area (TPSA) is 85.4 Å². The summed E-state index contributed by atoms with van der Waals surface area (Å²) in [6, 6.07) is 8.00. The van der Waals surface area contributed by atoms with E-state index in [2.05, 4.69) is 10.2 Å². The summed E-state index contributed by atoms with van der Waals surface area (Å²) in [5.41, 5.74) is 6.47. The van der Waals surface area contributed by atoms with Crippen LogP contribution < -0.4 is 11.1 Å². The maximum atomic E-state index is 12.8. The molecule has 0 aliphatic carbocycles. The lowest BCUT2D eigenvalue weighted by molar-refractivity contribution is -0.128. The summed E-state index contributed by atoms with van der Waals surface area (Å²) in [6.45, 7) is 4.57. The number of nitrogens with two attached hydrogens (primary N) is 1.